The van der Waals surface area contributed by atoms with Crippen LogP contribution in [0.3, 0.4) is 0 Å². The van der Waals surface area contributed by atoms with E-state index >= 15 is 0 Å². The van der Waals surface area contributed by atoms with Crippen LogP contribution in [0.5, 0.6) is 0 Å². The van der Waals surface area contributed by atoms with Gasteiger partial charge in [0.05, 0.1) is 22.1 Å². The Labute approximate surface area is 358 Å². The molecule has 3 heterocycles. The highest BCUT2D eigenvalue weighted by Gasteiger charge is 2.19. The molecule has 0 bridgehead atoms. The van der Waals surface area contributed by atoms with Gasteiger partial charge in [0.1, 0.15) is 0 Å². The molecule has 0 atom stereocenters. The molecule has 9 aromatic carbocycles. The highest BCUT2D eigenvalue weighted by Crippen LogP contribution is 2.40. The topological polar surface area (TPSA) is 48.5 Å². The number of para-hydroxylation sites is 4. The zero-order valence-corrected chi connectivity index (χ0v) is 33.6. The summed E-state index contributed by atoms with van der Waals surface area (Å²) in [7, 11) is 0. The summed E-state index contributed by atoms with van der Waals surface area (Å²) in [5.74, 6) is 1.87. The summed E-state index contributed by atoms with van der Waals surface area (Å²) in [6.45, 7) is 0. The maximum atomic E-state index is 5.20. The smallest absolute Gasteiger partial charge is 0.164 e. The average Bonchev–Trinajstić information content (AvgIpc) is 3.87. The molecule has 12 aromatic rings. The number of hydrogen-bond acceptors (Lipinski definition) is 3. The Bertz CT molecular complexity index is 3380. The Morgan fingerprint density at radius 3 is 1.00 bits per heavy atom. The molecule has 290 valence electrons. The molecule has 62 heavy (non-hydrogen) atoms. The summed E-state index contributed by atoms with van der Waals surface area (Å²) in [4.78, 5) is 15.4. The third-order valence-electron chi connectivity index (χ3n) is 11.9. The molecule has 5 nitrogen and oxygen atoms in total. The molecule has 0 amide bonds. The van der Waals surface area contributed by atoms with Gasteiger partial charge in [-0.05, 0) is 89.0 Å². The van der Waals surface area contributed by atoms with Crippen LogP contribution in [0.15, 0.2) is 224 Å². The number of benzene rings is 9. The molecule has 0 saturated heterocycles. The van der Waals surface area contributed by atoms with Crippen LogP contribution in [0.4, 0.5) is 0 Å². The lowest BCUT2D eigenvalue weighted by Gasteiger charge is -2.14. The molecule has 5 heteroatoms. The van der Waals surface area contributed by atoms with Gasteiger partial charge in [0.15, 0.2) is 17.5 Å². The minimum Gasteiger partial charge on any atom is -0.309 e. The van der Waals surface area contributed by atoms with Crippen LogP contribution in [-0.2, 0) is 0 Å². The Morgan fingerprint density at radius 1 is 0.226 bits per heavy atom. The molecule has 0 aliphatic rings. The minimum absolute atomic E-state index is 0.611. The fourth-order valence-electron chi connectivity index (χ4n) is 9.04. The van der Waals surface area contributed by atoms with Crippen molar-refractivity contribution < 1.29 is 0 Å². The van der Waals surface area contributed by atoms with Gasteiger partial charge >= 0.3 is 0 Å². The monoisotopic (exact) mass is 791 g/mol. The molecule has 0 unspecified atom stereocenters. The number of nitrogens with zero attached hydrogens (tertiary/aromatic N) is 5. The van der Waals surface area contributed by atoms with E-state index in [9.17, 15) is 0 Å². The predicted molar refractivity (Wildman–Crippen MR) is 256 cm³/mol. The van der Waals surface area contributed by atoms with Gasteiger partial charge in [0.25, 0.3) is 0 Å². The van der Waals surface area contributed by atoms with Crippen molar-refractivity contribution in [3.63, 3.8) is 0 Å². The van der Waals surface area contributed by atoms with Gasteiger partial charge in [-0.15, -0.1) is 0 Å². The van der Waals surface area contributed by atoms with E-state index in [-0.39, 0.29) is 0 Å². The lowest BCUT2D eigenvalue weighted by molar-refractivity contribution is 1.07. The number of fused-ring (bicyclic) bond motifs is 6. The maximum absolute atomic E-state index is 5.20. The number of hydrogen-bond donors (Lipinski definition) is 0. The highest BCUT2D eigenvalue weighted by molar-refractivity contribution is 6.11. The van der Waals surface area contributed by atoms with E-state index in [0.717, 1.165) is 61.4 Å². The number of rotatable bonds is 7. The van der Waals surface area contributed by atoms with Crippen LogP contribution >= 0.6 is 0 Å². The van der Waals surface area contributed by atoms with E-state index in [2.05, 4.69) is 197 Å². The molecule has 3 aromatic heterocycles. The fraction of sp³-hybridized carbons (Fsp3) is 0. The first kappa shape index (κ1) is 35.5. The molecule has 0 aliphatic carbocycles. The second kappa shape index (κ2) is 14.7. The largest absolute Gasteiger partial charge is 0.309 e. The van der Waals surface area contributed by atoms with Gasteiger partial charge in [0, 0.05) is 49.6 Å². The van der Waals surface area contributed by atoms with E-state index in [1.807, 2.05) is 36.4 Å². The average molecular weight is 792 g/mol. The summed E-state index contributed by atoms with van der Waals surface area (Å²) in [6, 6.07) is 79.4. The van der Waals surface area contributed by atoms with Crippen molar-refractivity contribution in [3.8, 4) is 67.8 Å². The van der Waals surface area contributed by atoms with Gasteiger partial charge in [-0.25, -0.2) is 15.0 Å². The van der Waals surface area contributed by atoms with Gasteiger partial charge < -0.3 is 9.13 Å². The highest BCUT2D eigenvalue weighted by atomic mass is 15.0. The van der Waals surface area contributed by atoms with Crippen LogP contribution in [0.1, 0.15) is 0 Å². The molecule has 12 rings (SSSR count). The zero-order chi connectivity index (χ0) is 41.0. The predicted octanol–water partition coefficient (Wildman–Crippen LogP) is 14.4. The normalized spacial score (nSPS) is 11.5. The molecule has 0 aliphatic heterocycles. The van der Waals surface area contributed by atoms with Crippen molar-refractivity contribution in [2.75, 3.05) is 0 Å². The molecule has 0 saturated carbocycles. The van der Waals surface area contributed by atoms with E-state index in [1.165, 1.54) is 32.6 Å². The third-order valence-corrected chi connectivity index (χ3v) is 11.9. The van der Waals surface area contributed by atoms with Gasteiger partial charge in [-0.1, -0.05) is 158 Å². The quantitative estimate of drug-likeness (QED) is 0.162. The van der Waals surface area contributed by atoms with Crippen molar-refractivity contribution in [2.24, 2.45) is 0 Å². The number of aromatic nitrogens is 5. The summed E-state index contributed by atoms with van der Waals surface area (Å²) >= 11 is 0. The standard InChI is InChI=1S/C57H37N5/c1-5-17-38(18-6-1)55-58-56(39-19-7-2-8-20-39)60-57(59-55)44-34-42(40-29-31-49-47-25-13-15-27-51(47)61(53(49)36-40)45-21-9-3-10-22-45)33-43(35-44)41-30-32-50-48-26-14-16-28-52(48)62(54(50)37-41)46-23-11-4-12-24-46/h1-37H. The molecule has 0 N–H and O–H groups in total. The summed E-state index contributed by atoms with van der Waals surface area (Å²) in [6.07, 6.45) is 0. The van der Waals surface area contributed by atoms with Crippen molar-refractivity contribution in [3.05, 3.63) is 224 Å². The van der Waals surface area contributed by atoms with Crippen molar-refractivity contribution in [1.82, 2.24) is 24.1 Å². The van der Waals surface area contributed by atoms with Crippen molar-refractivity contribution in [2.45, 2.75) is 0 Å². The van der Waals surface area contributed by atoms with E-state index < -0.39 is 0 Å². The first-order chi connectivity index (χ1) is 30.7. The van der Waals surface area contributed by atoms with Crippen LogP contribution in [-0.4, -0.2) is 24.1 Å². The Kier molecular flexibility index (Phi) is 8.42. The molecule has 0 fully saturated rings. The lowest BCUT2D eigenvalue weighted by Crippen LogP contribution is -2.00. The van der Waals surface area contributed by atoms with Crippen LogP contribution in [0, 0.1) is 0 Å². The van der Waals surface area contributed by atoms with Crippen LogP contribution < -0.4 is 0 Å². The van der Waals surface area contributed by atoms with Crippen LogP contribution in [0.25, 0.3) is 111 Å². The SMILES string of the molecule is c1ccc(-c2nc(-c3ccccc3)nc(-c3cc(-c4ccc5c6ccccc6n(-c6ccccc6)c5c4)cc(-c4ccc5c6ccccc6n(-c6ccccc6)c5c4)c3)n2)cc1. The molecule has 0 radical (unpaired) electrons. The van der Waals surface area contributed by atoms with E-state index in [1.54, 1.807) is 0 Å². The summed E-state index contributed by atoms with van der Waals surface area (Å²) in [5, 5.41) is 4.87. The maximum Gasteiger partial charge on any atom is 0.164 e. The lowest BCUT2D eigenvalue weighted by atomic mass is 9.94. The van der Waals surface area contributed by atoms with E-state index in [4.69, 9.17) is 15.0 Å². The second-order valence-electron chi connectivity index (χ2n) is 15.7. The molecular formula is C57H37N5. The van der Waals surface area contributed by atoms with E-state index in [0.29, 0.717) is 17.5 Å². The minimum atomic E-state index is 0.611. The second-order valence-corrected chi connectivity index (χ2v) is 15.7. The third kappa shape index (κ3) is 6.06. The van der Waals surface area contributed by atoms with Gasteiger partial charge in [0.2, 0.25) is 0 Å². The van der Waals surface area contributed by atoms with Gasteiger partial charge in [-0.3, -0.25) is 0 Å². The van der Waals surface area contributed by atoms with Crippen LogP contribution in [0.2, 0.25) is 0 Å². The molecular weight excluding hydrogens is 755 g/mol. The molecule has 0 spiro atoms. The van der Waals surface area contributed by atoms with Crippen molar-refractivity contribution in [1.29, 1.82) is 0 Å². The Morgan fingerprint density at radius 2 is 0.565 bits per heavy atom. The summed E-state index contributed by atoms with van der Waals surface area (Å²) in [5.41, 5.74) is 14.0. The zero-order valence-electron chi connectivity index (χ0n) is 33.6. The Hall–Kier alpha value is -8.41. The van der Waals surface area contributed by atoms with Crippen molar-refractivity contribution >= 4 is 43.6 Å². The first-order valence-corrected chi connectivity index (χ1v) is 20.9. The fourth-order valence-corrected chi connectivity index (χ4v) is 9.04. The first-order valence-electron chi connectivity index (χ1n) is 20.9. The summed E-state index contributed by atoms with van der Waals surface area (Å²) < 4.78 is 4.75. The Balaban J connectivity index is 1.12. The van der Waals surface area contributed by atoms with Gasteiger partial charge in [-0.2, -0.15) is 0 Å².